The van der Waals surface area contributed by atoms with Gasteiger partial charge in [-0.1, -0.05) is 18.5 Å². The summed E-state index contributed by atoms with van der Waals surface area (Å²) < 4.78 is 5.40. The summed E-state index contributed by atoms with van der Waals surface area (Å²) in [4.78, 5) is 3.86. The number of ether oxygens (including phenoxy) is 1. The third-order valence-electron chi connectivity index (χ3n) is 1.52. The van der Waals surface area contributed by atoms with Crippen molar-refractivity contribution in [3.05, 3.63) is 23.5 Å². The first-order valence-electron chi connectivity index (χ1n) is 4.27. The molecule has 4 heteroatoms. The van der Waals surface area contributed by atoms with Gasteiger partial charge in [-0.05, 0) is 6.54 Å². The van der Waals surface area contributed by atoms with E-state index in [2.05, 4.69) is 17.2 Å². The number of aromatic nitrogens is 1. The smallest absolute Gasteiger partial charge is 0.141 e. The maximum Gasteiger partial charge on any atom is 0.141 e. The Balaban J connectivity index is 2.32. The van der Waals surface area contributed by atoms with Crippen LogP contribution in [-0.2, 0) is 0 Å². The van der Waals surface area contributed by atoms with Crippen molar-refractivity contribution in [1.29, 1.82) is 0 Å². The van der Waals surface area contributed by atoms with Gasteiger partial charge in [-0.3, -0.25) is 4.98 Å². The summed E-state index contributed by atoms with van der Waals surface area (Å²) in [7, 11) is 0. The van der Waals surface area contributed by atoms with Gasteiger partial charge in [0.15, 0.2) is 0 Å². The molecule has 0 aliphatic rings. The minimum atomic E-state index is 0.555. The van der Waals surface area contributed by atoms with Crippen LogP contribution in [0.4, 0.5) is 0 Å². The van der Waals surface area contributed by atoms with Crippen LogP contribution in [0.5, 0.6) is 5.75 Å². The Morgan fingerprint density at radius 3 is 3.15 bits per heavy atom. The van der Waals surface area contributed by atoms with Crippen LogP contribution in [0, 0.1) is 0 Å². The molecule has 3 nitrogen and oxygen atoms in total. The van der Waals surface area contributed by atoms with E-state index in [4.69, 9.17) is 16.3 Å². The maximum absolute atomic E-state index is 5.83. The van der Waals surface area contributed by atoms with Crippen molar-refractivity contribution >= 4 is 11.6 Å². The highest BCUT2D eigenvalue weighted by Gasteiger charge is 1.98. The van der Waals surface area contributed by atoms with Gasteiger partial charge in [-0.15, -0.1) is 0 Å². The third-order valence-corrected chi connectivity index (χ3v) is 1.81. The zero-order valence-corrected chi connectivity index (χ0v) is 8.34. The summed E-state index contributed by atoms with van der Waals surface area (Å²) >= 11 is 5.83. The highest BCUT2D eigenvalue weighted by molar-refractivity contribution is 6.31. The van der Waals surface area contributed by atoms with Gasteiger partial charge in [0.05, 0.1) is 0 Å². The highest BCUT2D eigenvalue weighted by Crippen LogP contribution is 2.21. The molecule has 0 fully saturated rings. The zero-order chi connectivity index (χ0) is 9.52. The lowest BCUT2D eigenvalue weighted by atomic mass is 10.4. The fourth-order valence-electron chi connectivity index (χ4n) is 0.889. The Morgan fingerprint density at radius 2 is 2.46 bits per heavy atom. The summed E-state index contributed by atoms with van der Waals surface area (Å²) in [6, 6.07) is 1.76. The van der Waals surface area contributed by atoms with Crippen molar-refractivity contribution < 1.29 is 4.74 Å². The Kier molecular flexibility index (Phi) is 4.57. The summed E-state index contributed by atoms with van der Waals surface area (Å²) in [6.45, 7) is 4.46. The minimum absolute atomic E-state index is 0.555. The Labute approximate surface area is 83.1 Å². The van der Waals surface area contributed by atoms with Crippen molar-refractivity contribution in [1.82, 2.24) is 10.3 Å². The monoisotopic (exact) mass is 200 g/mol. The van der Waals surface area contributed by atoms with Gasteiger partial charge < -0.3 is 10.1 Å². The molecule has 0 aromatic carbocycles. The molecule has 0 aliphatic carbocycles. The predicted molar refractivity (Wildman–Crippen MR) is 53.3 cm³/mol. The topological polar surface area (TPSA) is 34.1 Å². The van der Waals surface area contributed by atoms with Gasteiger partial charge in [0, 0.05) is 25.0 Å². The first-order chi connectivity index (χ1) is 6.34. The van der Waals surface area contributed by atoms with E-state index in [1.807, 2.05) is 0 Å². The maximum atomic E-state index is 5.83. The van der Waals surface area contributed by atoms with Gasteiger partial charge in [-0.2, -0.15) is 0 Å². The van der Waals surface area contributed by atoms with Crippen LogP contribution >= 0.6 is 11.6 Å². The molecule has 1 aromatic heterocycles. The fraction of sp³-hybridized carbons (Fsp3) is 0.444. The second-order valence-corrected chi connectivity index (χ2v) is 2.92. The molecule has 0 saturated heterocycles. The van der Waals surface area contributed by atoms with Crippen LogP contribution in [0.1, 0.15) is 6.92 Å². The number of pyridine rings is 1. The quantitative estimate of drug-likeness (QED) is 0.736. The second-order valence-electron chi connectivity index (χ2n) is 2.51. The van der Waals surface area contributed by atoms with Gasteiger partial charge >= 0.3 is 0 Å². The van der Waals surface area contributed by atoms with Gasteiger partial charge in [0.25, 0.3) is 0 Å². The molecule has 0 spiro atoms. The van der Waals surface area contributed by atoms with Crippen LogP contribution < -0.4 is 10.1 Å². The van der Waals surface area contributed by atoms with E-state index in [0.29, 0.717) is 17.4 Å². The molecular formula is C9H13ClN2O. The number of hydrogen-bond acceptors (Lipinski definition) is 3. The van der Waals surface area contributed by atoms with Gasteiger partial charge in [0.1, 0.15) is 17.4 Å². The Hall–Kier alpha value is -0.800. The molecule has 0 amide bonds. The molecule has 0 unspecified atom stereocenters. The molecule has 1 rings (SSSR count). The molecule has 1 heterocycles. The zero-order valence-electron chi connectivity index (χ0n) is 7.59. The van der Waals surface area contributed by atoms with Crippen LogP contribution in [0.25, 0.3) is 0 Å². The number of nitrogens with one attached hydrogen (secondary N) is 1. The highest BCUT2D eigenvalue weighted by atomic mass is 35.5. The number of rotatable bonds is 5. The van der Waals surface area contributed by atoms with E-state index >= 15 is 0 Å². The lowest BCUT2D eigenvalue weighted by molar-refractivity contribution is 0.315. The van der Waals surface area contributed by atoms with Crippen molar-refractivity contribution in [2.24, 2.45) is 0 Å². The van der Waals surface area contributed by atoms with Crippen molar-refractivity contribution in [2.75, 3.05) is 19.7 Å². The summed E-state index contributed by atoms with van der Waals surface area (Å²) in [5, 5.41) is 3.71. The van der Waals surface area contributed by atoms with E-state index in [1.165, 1.54) is 0 Å². The molecule has 0 bridgehead atoms. The summed E-state index contributed by atoms with van der Waals surface area (Å²) in [5.74, 6) is 0.689. The average molecular weight is 201 g/mol. The lowest BCUT2D eigenvalue weighted by Crippen LogP contribution is -2.20. The molecule has 1 aromatic rings. The second kappa shape index (κ2) is 5.78. The van der Waals surface area contributed by atoms with E-state index in [-0.39, 0.29) is 0 Å². The van der Waals surface area contributed by atoms with Crippen molar-refractivity contribution in [3.8, 4) is 5.75 Å². The number of nitrogens with zero attached hydrogens (tertiary/aromatic N) is 1. The van der Waals surface area contributed by atoms with Crippen molar-refractivity contribution in [3.63, 3.8) is 0 Å². The van der Waals surface area contributed by atoms with E-state index in [0.717, 1.165) is 13.1 Å². The van der Waals surface area contributed by atoms with E-state index in [9.17, 15) is 0 Å². The van der Waals surface area contributed by atoms with Crippen LogP contribution in [-0.4, -0.2) is 24.7 Å². The Bertz CT molecular complexity index is 255. The van der Waals surface area contributed by atoms with E-state index < -0.39 is 0 Å². The molecule has 0 saturated carbocycles. The molecule has 72 valence electrons. The molecule has 1 N–H and O–H groups in total. The summed E-state index contributed by atoms with van der Waals surface area (Å²) in [6.07, 6.45) is 3.23. The predicted octanol–water partition coefficient (Wildman–Crippen LogP) is 1.72. The third kappa shape index (κ3) is 3.61. The minimum Gasteiger partial charge on any atom is -0.491 e. The average Bonchev–Trinajstić information content (AvgIpc) is 2.15. The Morgan fingerprint density at radius 1 is 1.62 bits per heavy atom. The normalized spacial score (nSPS) is 10.0. The molecular weight excluding hydrogens is 188 g/mol. The standard InChI is InChI=1S/C9H13ClN2O/c1-2-11-5-6-13-9-3-4-12-7-8(9)10/h3-4,7,11H,2,5-6H2,1H3. The van der Waals surface area contributed by atoms with Gasteiger partial charge in [0.2, 0.25) is 0 Å². The first kappa shape index (κ1) is 10.3. The number of likely N-dealkylation sites (N-methyl/N-ethyl adjacent to an activating group) is 1. The summed E-state index contributed by atoms with van der Waals surface area (Å²) in [5.41, 5.74) is 0. The molecule has 0 aliphatic heterocycles. The number of hydrogen-bond donors (Lipinski definition) is 1. The van der Waals surface area contributed by atoms with Crippen LogP contribution in [0.15, 0.2) is 18.5 Å². The molecule has 0 atom stereocenters. The van der Waals surface area contributed by atoms with E-state index in [1.54, 1.807) is 18.5 Å². The molecule has 13 heavy (non-hydrogen) atoms. The number of halogens is 1. The van der Waals surface area contributed by atoms with Crippen LogP contribution in [0.2, 0.25) is 5.02 Å². The first-order valence-corrected chi connectivity index (χ1v) is 4.65. The van der Waals surface area contributed by atoms with Crippen LogP contribution in [0.3, 0.4) is 0 Å². The molecule has 0 radical (unpaired) electrons. The fourth-order valence-corrected chi connectivity index (χ4v) is 1.06. The van der Waals surface area contributed by atoms with Gasteiger partial charge in [-0.25, -0.2) is 0 Å². The largest absolute Gasteiger partial charge is 0.491 e. The SMILES string of the molecule is CCNCCOc1ccncc1Cl. The lowest BCUT2D eigenvalue weighted by Gasteiger charge is -2.06. The van der Waals surface area contributed by atoms with Crippen molar-refractivity contribution in [2.45, 2.75) is 6.92 Å².